The molecule has 0 unspecified atom stereocenters. The van der Waals surface area contributed by atoms with Crippen molar-refractivity contribution in [2.75, 3.05) is 26.2 Å². The lowest BCUT2D eigenvalue weighted by Crippen LogP contribution is -2.56. The summed E-state index contributed by atoms with van der Waals surface area (Å²) >= 11 is 0. The van der Waals surface area contributed by atoms with Crippen LogP contribution in [-0.2, 0) is 16.1 Å². The summed E-state index contributed by atoms with van der Waals surface area (Å²) in [6.07, 6.45) is 2.05. The SMILES string of the molecule is O=C1NCCN(Cc2cccc(F)c2F)[C@@H]1CC(=O)N1CCCC1. The van der Waals surface area contributed by atoms with Crippen LogP contribution in [0.25, 0.3) is 0 Å². The summed E-state index contributed by atoms with van der Waals surface area (Å²) in [5, 5.41) is 2.75. The van der Waals surface area contributed by atoms with E-state index < -0.39 is 17.7 Å². The van der Waals surface area contributed by atoms with E-state index in [1.807, 2.05) is 0 Å². The van der Waals surface area contributed by atoms with Crippen LogP contribution in [0.3, 0.4) is 0 Å². The fraction of sp³-hybridized carbons (Fsp3) is 0.529. The third-order valence-electron chi connectivity index (χ3n) is 4.67. The van der Waals surface area contributed by atoms with Gasteiger partial charge in [0.2, 0.25) is 11.8 Å². The van der Waals surface area contributed by atoms with Crippen molar-refractivity contribution in [1.82, 2.24) is 15.1 Å². The molecule has 2 saturated heterocycles. The Kier molecular flexibility index (Phi) is 5.08. The first-order valence-electron chi connectivity index (χ1n) is 8.28. The number of nitrogens with zero attached hydrogens (tertiary/aromatic N) is 2. The van der Waals surface area contributed by atoms with E-state index in [4.69, 9.17) is 0 Å². The minimum absolute atomic E-state index is 0.0562. The van der Waals surface area contributed by atoms with Gasteiger partial charge < -0.3 is 10.2 Å². The standard InChI is InChI=1S/C17H21F2N3O2/c18-13-5-3-4-12(16(13)19)11-22-9-6-20-17(24)14(22)10-15(23)21-7-1-2-8-21/h3-5,14H,1-2,6-11H2,(H,20,24)/t14-/m1/s1. The maximum absolute atomic E-state index is 13.9. The highest BCUT2D eigenvalue weighted by Gasteiger charge is 2.33. The van der Waals surface area contributed by atoms with Crippen molar-refractivity contribution >= 4 is 11.8 Å². The van der Waals surface area contributed by atoms with Crippen molar-refractivity contribution in [3.05, 3.63) is 35.4 Å². The smallest absolute Gasteiger partial charge is 0.237 e. The van der Waals surface area contributed by atoms with E-state index in [0.29, 0.717) is 13.1 Å². The zero-order valence-electron chi connectivity index (χ0n) is 13.4. The van der Waals surface area contributed by atoms with Gasteiger partial charge in [-0.25, -0.2) is 8.78 Å². The van der Waals surface area contributed by atoms with Crippen molar-refractivity contribution < 1.29 is 18.4 Å². The summed E-state index contributed by atoms with van der Waals surface area (Å²) < 4.78 is 27.3. The highest BCUT2D eigenvalue weighted by Crippen LogP contribution is 2.19. The van der Waals surface area contributed by atoms with Crippen molar-refractivity contribution in [2.24, 2.45) is 0 Å². The van der Waals surface area contributed by atoms with Crippen LogP contribution in [0.15, 0.2) is 18.2 Å². The molecule has 0 bridgehead atoms. The van der Waals surface area contributed by atoms with E-state index in [9.17, 15) is 18.4 Å². The largest absolute Gasteiger partial charge is 0.353 e. The second-order valence-electron chi connectivity index (χ2n) is 6.28. The minimum Gasteiger partial charge on any atom is -0.353 e. The summed E-state index contributed by atoms with van der Waals surface area (Å²) in [5.41, 5.74) is 0.198. The first-order valence-corrected chi connectivity index (χ1v) is 8.28. The van der Waals surface area contributed by atoms with E-state index in [1.165, 1.54) is 12.1 Å². The summed E-state index contributed by atoms with van der Waals surface area (Å²) in [6.45, 7) is 2.50. The summed E-state index contributed by atoms with van der Waals surface area (Å²) in [6, 6.07) is 3.37. The van der Waals surface area contributed by atoms with E-state index in [0.717, 1.165) is 32.0 Å². The van der Waals surface area contributed by atoms with E-state index in [2.05, 4.69) is 5.32 Å². The number of piperazine rings is 1. The van der Waals surface area contributed by atoms with Crippen LogP contribution in [0, 0.1) is 11.6 Å². The molecule has 1 atom stereocenters. The molecule has 2 aliphatic heterocycles. The number of amides is 2. The highest BCUT2D eigenvalue weighted by molar-refractivity contribution is 5.88. The van der Waals surface area contributed by atoms with Crippen molar-refractivity contribution in [3.8, 4) is 0 Å². The van der Waals surface area contributed by atoms with E-state index >= 15 is 0 Å². The molecule has 0 saturated carbocycles. The summed E-state index contributed by atoms with van der Waals surface area (Å²) in [4.78, 5) is 28.1. The summed E-state index contributed by atoms with van der Waals surface area (Å²) in [5.74, 6) is -2.09. The Bertz CT molecular complexity index is 632. The maximum Gasteiger partial charge on any atom is 0.237 e. The van der Waals surface area contributed by atoms with Gasteiger partial charge in [0.25, 0.3) is 0 Å². The molecule has 7 heteroatoms. The monoisotopic (exact) mass is 337 g/mol. The minimum atomic E-state index is -0.904. The van der Waals surface area contributed by atoms with Crippen LogP contribution >= 0.6 is 0 Å². The van der Waals surface area contributed by atoms with Gasteiger partial charge in [0.1, 0.15) is 0 Å². The first-order chi connectivity index (χ1) is 11.6. The zero-order chi connectivity index (χ0) is 17.1. The molecule has 24 heavy (non-hydrogen) atoms. The first kappa shape index (κ1) is 16.8. The second-order valence-corrected chi connectivity index (χ2v) is 6.28. The number of rotatable bonds is 4. The molecule has 1 aromatic carbocycles. The van der Waals surface area contributed by atoms with Gasteiger partial charge in [-0.1, -0.05) is 12.1 Å². The number of hydrogen-bond acceptors (Lipinski definition) is 3. The molecule has 0 radical (unpaired) electrons. The van der Waals surface area contributed by atoms with Gasteiger partial charge >= 0.3 is 0 Å². The molecule has 5 nitrogen and oxygen atoms in total. The number of benzene rings is 1. The van der Waals surface area contributed by atoms with Crippen molar-refractivity contribution in [1.29, 1.82) is 0 Å². The fourth-order valence-corrected chi connectivity index (χ4v) is 3.32. The second kappa shape index (κ2) is 7.25. The third-order valence-corrected chi connectivity index (χ3v) is 4.67. The van der Waals surface area contributed by atoms with Crippen LogP contribution < -0.4 is 5.32 Å². The van der Waals surface area contributed by atoms with Gasteiger partial charge in [-0.05, 0) is 18.9 Å². The third kappa shape index (κ3) is 3.56. The topological polar surface area (TPSA) is 52.7 Å². The number of hydrogen-bond donors (Lipinski definition) is 1. The average Bonchev–Trinajstić information content (AvgIpc) is 3.09. The zero-order valence-corrected chi connectivity index (χ0v) is 13.4. The Labute approximate surface area is 139 Å². The van der Waals surface area contributed by atoms with Gasteiger partial charge in [-0.2, -0.15) is 0 Å². The molecule has 0 aliphatic carbocycles. The number of halogens is 2. The predicted octanol–water partition coefficient (Wildman–Crippen LogP) is 1.28. The molecular weight excluding hydrogens is 316 g/mol. The van der Waals surface area contributed by atoms with Crippen LogP contribution in [0.2, 0.25) is 0 Å². The highest BCUT2D eigenvalue weighted by atomic mass is 19.2. The normalized spacial score (nSPS) is 21.8. The lowest BCUT2D eigenvalue weighted by molar-refractivity contribution is -0.138. The number of nitrogens with one attached hydrogen (secondary N) is 1. The van der Waals surface area contributed by atoms with Crippen LogP contribution in [0.1, 0.15) is 24.8 Å². The quantitative estimate of drug-likeness (QED) is 0.900. The molecule has 1 N–H and O–H groups in total. The van der Waals surface area contributed by atoms with E-state index in [1.54, 1.807) is 9.80 Å². The fourth-order valence-electron chi connectivity index (χ4n) is 3.32. The Balaban J connectivity index is 1.72. The Morgan fingerprint density at radius 2 is 1.96 bits per heavy atom. The van der Waals surface area contributed by atoms with Gasteiger partial charge in [0.05, 0.1) is 12.5 Å². The van der Waals surface area contributed by atoms with Crippen molar-refractivity contribution in [3.63, 3.8) is 0 Å². The Hall–Kier alpha value is -2.02. The number of carbonyl (C=O) groups excluding carboxylic acids is 2. The van der Waals surface area contributed by atoms with Gasteiger partial charge in [0, 0.05) is 38.3 Å². The lowest BCUT2D eigenvalue weighted by atomic mass is 10.1. The Morgan fingerprint density at radius 3 is 2.71 bits per heavy atom. The van der Waals surface area contributed by atoms with Gasteiger partial charge in [0.15, 0.2) is 11.6 Å². The van der Waals surface area contributed by atoms with Crippen LogP contribution in [0.4, 0.5) is 8.78 Å². The van der Waals surface area contributed by atoms with Gasteiger partial charge in [-0.15, -0.1) is 0 Å². The Morgan fingerprint density at radius 1 is 1.21 bits per heavy atom. The summed E-state index contributed by atoms with van der Waals surface area (Å²) in [7, 11) is 0. The molecule has 1 aromatic rings. The average molecular weight is 337 g/mol. The maximum atomic E-state index is 13.9. The molecule has 2 fully saturated rings. The molecule has 130 valence electrons. The molecular formula is C17H21F2N3O2. The molecule has 2 amide bonds. The predicted molar refractivity (Wildman–Crippen MR) is 84.0 cm³/mol. The van der Waals surface area contributed by atoms with E-state index in [-0.39, 0.29) is 30.3 Å². The number of carbonyl (C=O) groups is 2. The molecule has 0 spiro atoms. The van der Waals surface area contributed by atoms with Crippen molar-refractivity contribution in [2.45, 2.75) is 31.8 Å². The molecule has 2 heterocycles. The lowest BCUT2D eigenvalue weighted by Gasteiger charge is -2.35. The molecule has 3 rings (SSSR count). The van der Waals surface area contributed by atoms with Crippen LogP contribution in [0.5, 0.6) is 0 Å². The molecule has 2 aliphatic rings. The van der Waals surface area contributed by atoms with Gasteiger partial charge in [-0.3, -0.25) is 14.5 Å². The van der Waals surface area contributed by atoms with Crippen LogP contribution in [-0.4, -0.2) is 53.8 Å². The number of likely N-dealkylation sites (tertiary alicyclic amines) is 1. The molecule has 0 aromatic heterocycles.